The molecule has 1 aromatic carbocycles. The summed E-state index contributed by atoms with van der Waals surface area (Å²) < 4.78 is 0. The van der Waals surface area contributed by atoms with Gasteiger partial charge in [-0.05, 0) is 30.2 Å². The molecule has 2 aliphatic heterocycles. The lowest BCUT2D eigenvalue weighted by Gasteiger charge is -2.33. The van der Waals surface area contributed by atoms with Gasteiger partial charge in [0.1, 0.15) is 5.82 Å². The van der Waals surface area contributed by atoms with E-state index in [2.05, 4.69) is 61.5 Å². The largest absolute Gasteiger partial charge is 0.341 e. The molecule has 2 fully saturated rings. The molecule has 2 aliphatic rings. The average Bonchev–Trinajstić information content (AvgIpc) is 3.43. The van der Waals surface area contributed by atoms with Crippen molar-refractivity contribution < 1.29 is 0 Å². The van der Waals surface area contributed by atoms with Gasteiger partial charge in [0, 0.05) is 60.5 Å². The van der Waals surface area contributed by atoms with Crippen LogP contribution in [0.15, 0.2) is 67.3 Å². The normalized spacial score (nSPS) is 26.0. The summed E-state index contributed by atoms with van der Waals surface area (Å²) in [5.74, 6) is 1.41. The molecule has 0 saturated carbocycles. The Balaban J connectivity index is 1.34. The molecule has 0 amide bonds. The summed E-state index contributed by atoms with van der Waals surface area (Å²) >= 11 is 0. The summed E-state index contributed by atoms with van der Waals surface area (Å²) in [5, 5.41) is 3.66. The van der Waals surface area contributed by atoms with E-state index in [0.717, 1.165) is 41.0 Å². The van der Waals surface area contributed by atoms with E-state index in [1.165, 1.54) is 5.56 Å². The van der Waals surface area contributed by atoms with Crippen LogP contribution >= 0.6 is 0 Å². The highest BCUT2D eigenvalue weighted by molar-refractivity contribution is 5.91. The maximum absolute atomic E-state index is 5.04. The molecule has 0 spiro atoms. The minimum absolute atomic E-state index is 0.130. The van der Waals surface area contributed by atoms with Gasteiger partial charge in [-0.15, -0.1) is 0 Å². The number of piperidine rings is 1. The minimum atomic E-state index is 0.130. The van der Waals surface area contributed by atoms with Crippen LogP contribution in [-0.4, -0.2) is 32.5 Å². The van der Waals surface area contributed by atoms with Gasteiger partial charge < -0.3 is 10.3 Å². The van der Waals surface area contributed by atoms with Gasteiger partial charge in [-0.1, -0.05) is 24.3 Å². The number of nitrogens with one attached hydrogen (secondary N) is 4. The number of benzene rings is 1. The van der Waals surface area contributed by atoms with E-state index in [-0.39, 0.29) is 6.04 Å². The van der Waals surface area contributed by atoms with Gasteiger partial charge in [0.15, 0.2) is 0 Å². The lowest BCUT2D eigenvalue weighted by molar-refractivity contribution is 0.263. The number of aromatic amines is 1. The summed E-state index contributed by atoms with van der Waals surface area (Å²) in [4.78, 5) is 17.2. The zero-order valence-electron chi connectivity index (χ0n) is 16.4. The molecule has 3 aromatic heterocycles. The third-order valence-corrected chi connectivity index (χ3v) is 6.35. The Morgan fingerprint density at radius 2 is 1.80 bits per heavy atom. The zero-order chi connectivity index (χ0) is 19.9. The second-order valence-electron chi connectivity index (χ2n) is 8.09. The van der Waals surface area contributed by atoms with Gasteiger partial charge in [-0.25, -0.2) is 10.4 Å². The molecular formula is C23H23N7. The van der Waals surface area contributed by atoms with Crippen LogP contribution in [0.4, 0.5) is 0 Å². The van der Waals surface area contributed by atoms with E-state index >= 15 is 0 Å². The van der Waals surface area contributed by atoms with Gasteiger partial charge in [0.25, 0.3) is 0 Å². The standard InChI is InChI=1S/C23H23N7/c1-6-16(14-4-2-8-24-11-14)21-18(7-1)27-23(28-21)22-17-10-19(15-5-3-9-25-12-15)26-13-20(17)29-30-22/h1-9,11-12,17,19-20,22,26,29-30H,10,13H2,(H,27,28). The fourth-order valence-electron chi connectivity index (χ4n) is 4.83. The minimum Gasteiger partial charge on any atom is -0.341 e. The van der Waals surface area contributed by atoms with Gasteiger partial charge in [0.05, 0.1) is 17.1 Å². The Labute approximate surface area is 174 Å². The zero-order valence-corrected chi connectivity index (χ0v) is 16.4. The molecule has 5 heterocycles. The highest BCUT2D eigenvalue weighted by Gasteiger charge is 2.42. The van der Waals surface area contributed by atoms with Crippen LogP contribution < -0.4 is 16.2 Å². The van der Waals surface area contributed by atoms with E-state index in [9.17, 15) is 0 Å². The molecule has 150 valence electrons. The van der Waals surface area contributed by atoms with Crippen LogP contribution in [0, 0.1) is 5.92 Å². The number of hydrazine groups is 1. The van der Waals surface area contributed by atoms with Gasteiger partial charge in [0.2, 0.25) is 0 Å². The van der Waals surface area contributed by atoms with Crippen molar-refractivity contribution in [2.24, 2.45) is 5.92 Å². The Morgan fingerprint density at radius 1 is 0.900 bits per heavy atom. The number of hydrogen-bond acceptors (Lipinski definition) is 6. The molecule has 0 radical (unpaired) electrons. The predicted molar refractivity (Wildman–Crippen MR) is 115 cm³/mol. The first-order valence-corrected chi connectivity index (χ1v) is 10.4. The lowest BCUT2D eigenvalue weighted by atomic mass is 9.82. The number of aromatic nitrogens is 4. The highest BCUT2D eigenvalue weighted by atomic mass is 15.4. The number of imidazole rings is 1. The van der Waals surface area contributed by atoms with Crippen LogP contribution in [0.2, 0.25) is 0 Å². The summed E-state index contributed by atoms with van der Waals surface area (Å²) in [7, 11) is 0. The van der Waals surface area contributed by atoms with E-state index < -0.39 is 0 Å². The van der Waals surface area contributed by atoms with Crippen LogP contribution in [0.3, 0.4) is 0 Å². The van der Waals surface area contributed by atoms with Crippen molar-refractivity contribution in [1.29, 1.82) is 0 Å². The Kier molecular flexibility index (Phi) is 4.30. The molecule has 7 heteroatoms. The smallest absolute Gasteiger partial charge is 0.126 e. The van der Waals surface area contributed by atoms with Gasteiger partial charge in [-0.3, -0.25) is 15.4 Å². The molecule has 4 unspecified atom stereocenters. The van der Waals surface area contributed by atoms with Crippen molar-refractivity contribution in [2.45, 2.75) is 24.5 Å². The Bertz CT molecular complexity index is 1160. The number of H-pyrrole nitrogens is 1. The van der Waals surface area contributed by atoms with Crippen molar-refractivity contribution in [1.82, 2.24) is 36.1 Å². The quantitative estimate of drug-likeness (QED) is 0.425. The van der Waals surface area contributed by atoms with Crippen LogP contribution in [0.1, 0.15) is 29.9 Å². The number of nitrogens with zero attached hydrogens (tertiary/aromatic N) is 3. The van der Waals surface area contributed by atoms with Crippen molar-refractivity contribution in [3.8, 4) is 11.1 Å². The first-order valence-electron chi connectivity index (χ1n) is 10.4. The fourth-order valence-corrected chi connectivity index (χ4v) is 4.83. The molecular weight excluding hydrogens is 374 g/mol. The lowest BCUT2D eigenvalue weighted by Crippen LogP contribution is -2.46. The number of para-hydroxylation sites is 1. The number of pyridine rings is 2. The van der Waals surface area contributed by atoms with Crippen molar-refractivity contribution >= 4 is 11.0 Å². The fraction of sp³-hybridized carbons (Fsp3) is 0.261. The number of hydrogen-bond donors (Lipinski definition) is 4. The van der Waals surface area contributed by atoms with E-state index in [4.69, 9.17) is 4.98 Å². The molecule has 2 saturated heterocycles. The predicted octanol–water partition coefficient (Wildman–Crippen LogP) is 2.89. The second kappa shape index (κ2) is 7.28. The molecule has 0 bridgehead atoms. The van der Waals surface area contributed by atoms with Crippen LogP contribution in [0.25, 0.3) is 22.2 Å². The molecule has 30 heavy (non-hydrogen) atoms. The van der Waals surface area contributed by atoms with Gasteiger partial charge in [-0.2, -0.15) is 0 Å². The number of fused-ring (bicyclic) bond motifs is 2. The average molecular weight is 397 g/mol. The van der Waals surface area contributed by atoms with E-state index in [1.54, 1.807) is 6.20 Å². The first kappa shape index (κ1) is 17.7. The van der Waals surface area contributed by atoms with E-state index in [1.807, 2.05) is 30.7 Å². The summed E-state index contributed by atoms with van der Waals surface area (Å²) in [6.45, 7) is 0.912. The summed E-state index contributed by atoms with van der Waals surface area (Å²) in [6.07, 6.45) is 8.49. The third-order valence-electron chi connectivity index (χ3n) is 6.35. The topological polar surface area (TPSA) is 90.5 Å². The third kappa shape index (κ3) is 2.99. The summed E-state index contributed by atoms with van der Waals surface area (Å²) in [5.41, 5.74) is 12.4. The molecule has 4 N–H and O–H groups in total. The van der Waals surface area contributed by atoms with Crippen molar-refractivity contribution in [2.75, 3.05) is 6.54 Å². The highest BCUT2D eigenvalue weighted by Crippen LogP contribution is 2.38. The van der Waals surface area contributed by atoms with Gasteiger partial charge >= 0.3 is 0 Å². The van der Waals surface area contributed by atoms with E-state index in [0.29, 0.717) is 18.0 Å². The molecule has 7 nitrogen and oxygen atoms in total. The van der Waals surface area contributed by atoms with Crippen LogP contribution in [0.5, 0.6) is 0 Å². The van der Waals surface area contributed by atoms with Crippen molar-refractivity contribution in [3.63, 3.8) is 0 Å². The van der Waals surface area contributed by atoms with Crippen LogP contribution in [-0.2, 0) is 0 Å². The van der Waals surface area contributed by atoms with Crippen molar-refractivity contribution in [3.05, 3.63) is 78.6 Å². The maximum Gasteiger partial charge on any atom is 0.126 e. The monoisotopic (exact) mass is 397 g/mol. The number of rotatable bonds is 3. The second-order valence-corrected chi connectivity index (χ2v) is 8.09. The molecule has 4 atom stereocenters. The molecule has 4 aromatic rings. The molecule has 6 rings (SSSR count). The Morgan fingerprint density at radius 3 is 2.63 bits per heavy atom. The Hall–Kier alpha value is -3.13. The maximum atomic E-state index is 5.04. The first-order chi connectivity index (χ1) is 14.9. The SMILES string of the molecule is c1cncc(-c2cccc3[nH]c(C4NNC5CNC(c6cccnc6)CC54)nc23)c1. The molecule has 0 aliphatic carbocycles. The summed E-state index contributed by atoms with van der Waals surface area (Å²) in [6, 6.07) is 15.3.